The Morgan fingerprint density at radius 1 is 1.46 bits per heavy atom. The summed E-state index contributed by atoms with van der Waals surface area (Å²) in [4.78, 5) is 0. The van der Waals surface area contributed by atoms with E-state index in [1.807, 2.05) is 6.07 Å². The number of benzene rings is 1. The minimum Gasteiger partial charge on any atom is -0.326 e. The standard InChI is InChI=1S/C11H12FN/c1-7-4-8(6-13)11-5-9(12)2-3-10(7)11/h2-5,7H,6,13H2,1H3. The second-order valence-electron chi connectivity index (χ2n) is 3.42. The van der Waals surface area contributed by atoms with E-state index >= 15 is 0 Å². The van der Waals surface area contributed by atoms with E-state index in [4.69, 9.17) is 5.73 Å². The highest BCUT2D eigenvalue weighted by molar-refractivity contribution is 5.75. The Morgan fingerprint density at radius 3 is 2.92 bits per heavy atom. The van der Waals surface area contributed by atoms with Gasteiger partial charge >= 0.3 is 0 Å². The lowest BCUT2D eigenvalue weighted by Crippen LogP contribution is -2.00. The van der Waals surface area contributed by atoms with Gasteiger partial charge in [0.1, 0.15) is 5.82 Å². The fraction of sp³-hybridized carbons (Fsp3) is 0.273. The van der Waals surface area contributed by atoms with Crippen molar-refractivity contribution in [1.82, 2.24) is 0 Å². The molecule has 0 bridgehead atoms. The van der Waals surface area contributed by atoms with Crippen molar-refractivity contribution in [1.29, 1.82) is 0 Å². The SMILES string of the molecule is CC1C=C(CN)c2cc(F)ccc21. The summed E-state index contributed by atoms with van der Waals surface area (Å²) < 4.78 is 12.9. The van der Waals surface area contributed by atoms with Crippen LogP contribution in [0.4, 0.5) is 4.39 Å². The number of nitrogens with two attached hydrogens (primary N) is 1. The largest absolute Gasteiger partial charge is 0.326 e. The van der Waals surface area contributed by atoms with Crippen LogP contribution in [0.1, 0.15) is 24.0 Å². The Hall–Kier alpha value is -1.15. The van der Waals surface area contributed by atoms with Crippen molar-refractivity contribution in [3.8, 4) is 0 Å². The molecule has 68 valence electrons. The predicted octanol–water partition coefficient (Wildman–Crippen LogP) is 2.28. The summed E-state index contributed by atoms with van der Waals surface area (Å²) in [6.45, 7) is 2.58. The highest BCUT2D eigenvalue weighted by Crippen LogP contribution is 2.35. The fourth-order valence-corrected chi connectivity index (χ4v) is 1.86. The molecule has 1 aliphatic rings. The first-order valence-electron chi connectivity index (χ1n) is 4.43. The lowest BCUT2D eigenvalue weighted by atomic mass is 10.0. The molecule has 2 N–H and O–H groups in total. The second kappa shape index (κ2) is 2.96. The average molecular weight is 177 g/mol. The van der Waals surface area contributed by atoms with Gasteiger partial charge in [-0.2, -0.15) is 0 Å². The molecular weight excluding hydrogens is 165 g/mol. The van der Waals surface area contributed by atoms with E-state index in [0.717, 1.165) is 11.1 Å². The van der Waals surface area contributed by atoms with Crippen LogP contribution < -0.4 is 5.73 Å². The van der Waals surface area contributed by atoms with Gasteiger partial charge in [-0.1, -0.05) is 19.1 Å². The maximum Gasteiger partial charge on any atom is 0.123 e. The second-order valence-corrected chi connectivity index (χ2v) is 3.42. The molecule has 1 unspecified atom stereocenters. The lowest BCUT2D eigenvalue weighted by Gasteiger charge is -2.04. The van der Waals surface area contributed by atoms with Crippen LogP contribution in [0.5, 0.6) is 0 Å². The Labute approximate surface area is 77.1 Å². The first-order valence-corrected chi connectivity index (χ1v) is 4.43. The molecule has 1 nitrogen and oxygen atoms in total. The summed E-state index contributed by atoms with van der Waals surface area (Å²) in [5.74, 6) is 0.182. The van der Waals surface area contributed by atoms with E-state index in [0.29, 0.717) is 12.5 Å². The molecule has 1 atom stereocenters. The van der Waals surface area contributed by atoms with E-state index in [2.05, 4.69) is 13.0 Å². The lowest BCUT2D eigenvalue weighted by molar-refractivity contribution is 0.626. The smallest absolute Gasteiger partial charge is 0.123 e. The topological polar surface area (TPSA) is 26.0 Å². The zero-order chi connectivity index (χ0) is 9.42. The normalized spacial score (nSPS) is 19.9. The molecule has 0 aromatic heterocycles. The highest BCUT2D eigenvalue weighted by Gasteiger charge is 2.19. The zero-order valence-electron chi connectivity index (χ0n) is 7.55. The molecule has 0 aliphatic heterocycles. The van der Waals surface area contributed by atoms with Gasteiger partial charge in [0, 0.05) is 12.5 Å². The van der Waals surface area contributed by atoms with Crippen molar-refractivity contribution in [2.24, 2.45) is 5.73 Å². The fourth-order valence-electron chi connectivity index (χ4n) is 1.86. The van der Waals surface area contributed by atoms with Crippen LogP contribution in [0.25, 0.3) is 5.57 Å². The Balaban J connectivity index is 2.55. The van der Waals surface area contributed by atoms with Crippen molar-refractivity contribution >= 4 is 5.57 Å². The molecule has 13 heavy (non-hydrogen) atoms. The van der Waals surface area contributed by atoms with Crippen LogP contribution in [0.15, 0.2) is 24.3 Å². The van der Waals surface area contributed by atoms with Crippen molar-refractivity contribution < 1.29 is 4.39 Å². The molecule has 0 saturated carbocycles. The number of rotatable bonds is 1. The molecule has 2 rings (SSSR count). The number of halogens is 1. The van der Waals surface area contributed by atoms with Gasteiger partial charge in [0.15, 0.2) is 0 Å². The molecule has 1 aliphatic carbocycles. The van der Waals surface area contributed by atoms with Crippen LogP contribution in [-0.2, 0) is 0 Å². The summed E-state index contributed by atoms with van der Waals surface area (Å²) in [6.07, 6.45) is 2.10. The first-order chi connectivity index (χ1) is 6.22. The van der Waals surface area contributed by atoms with Gasteiger partial charge < -0.3 is 5.73 Å². The van der Waals surface area contributed by atoms with Gasteiger partial charge in [0.25, 0.3) is 0 Å². The van der Waals surface area contributed by atoms with Gasteiger partial charge in [-0.3, -0.25) is 0 Å². The third-order valence-electron chi connectivity index (χ3n) is 2.52. The summed E-state index contributed by atoms with van der Waals surface area (Å²) in [5, 5.41) is 0. The third-order valence-corrected chi connectivity index (χ3v) is 2.52. The van der Waals surface area contributed by atoms with Gasteiger partial charge in [0.2, 0.25) is 0 Å². The van der Waals surface area contributed by atoms with Crippen LogP contribution in [0.2, 0.25) is 0 Å². The molecule has 1 aromatic rings. The molecule has 0 heterocycles. The molecular formula is C11H12FN. The van der Waals surface area contributed by atoms with Gasteiger partial charge in [-0.15, -0.1) is 0 Å². The Bertz CT molecular complexity index is 368. The Kier molecular flexibility index (Phi) is 1.93. The van der Waals surface area contributed by atoms with Gasteiger partial charge in [0.05, 0.1) is 0 Å². The first kappa shape index (κ1) is 8.45. The van der Waals surface area contributed by atoms with Crippen LogP contribution >= 0.6 is 0 Å². The van der Waals surface area contributed by atoms with E-state index in [1.54, 1.807) is 6.07 Å². The monoisotopic (exact) mass is 177 g/mol. The van der Waals surface area contributed by atoms with Gasteiger partial charge in [-0.05, 0) is 28.8 Å². The van der Waals surface area contributed by atoms with E-state index in [-0.39, 0.29) is 5.82 Å². The van der Waals surface area contributed by atoms with E-state index in [1.165, 1.54) is 11.6 Å². The molecule has 1 aromatic carbocycles. The van der Waals surface area contributed by atoms with Gasteiger partial charge in [-0.25, -0.2) is 4.39 Å². The quantitative estimate of drug-likeness (QED) is 0.699. The molecule has 0 saturated heterocycles. The summed E-state index contributed by atoms with van der Waals surface area (Å²) in [7, 11) is 0. The van der Waals surface area contributed by atoms with E-state index < -0.39 is 0 Å². The molecule has 2 heteroatoms. The molecule has 0 radical (unpaired) electrons. The number of hydrogen-bond acceptors (Lipinski definition) is 1. The molecule has 0 fully saturated rings. The van der Waals surface area contributed by atoms with Crippen molar-refractivity contribution in [3.63, 3.8) is 0 Å². The minimum absolute atomic E-state index is 0.188. The van der Waals surface area contributed by atoms with Crippen molar-refractivity contribution in [2.75, 3.05) is 6.54 Å². The highest BCUT2D eigenvalue weighted by atomic mass is 19.1. The number of allylic oxidation sites excluding steroid dienone is 1. The van der Waals surface area contributed by atoms with Crippen molar-refractivity contribution in [3.05, 3.63) is 41.2 Å². The molecule has 0 amide bonds. The maximum absolute atomic E-state index is 12.9. The summed E-state index contributed by atoms with van der Waals surface area (Å²) in [6, 6.07) is 4.91. The molecule has 0 spiro atoms. The van der Waals surface area contributed by atoms with Crippen molar-refractivity contribution in [2.45, 2.75) is 12.8 Å². The maximum atomic E-state index is 12.9. The van der Waals surface area contributed by atoms with Crippen LogP contribution in [-0.4, -0.2) is 6.54 Å². The minimum atomic E-state index is -0.188. The summed E-state index contributed by atoms with van der Waals surface area (Å²) >= 11 is 0. The van der Waals surface area contributed by atoms with Crippen LogP contribution in [0.3, 0.4) is 0 Å². The number of fused-ring (bicyclic) bond motifs is 1. The van der Waals surface area contributed by atoms with Crippen LogP contribution in [0, 0.1) is 5.82 Å². The number of hydrogen-bond donors (Lipinski definition) is 1. The third kappa shape index (κ3) is 1.27. The zero-order valence-corrected chi connectivity index (χ0v) is 7.55. The average Bonchev–Trinajstić information content (AvgIpc) is 2.42. The Morgan fingerprint density at radius 2 is 2.23 bits per heavy atom. The predicted molar refractivity (Wildman–Crippen MR) is 51.8 cm³/mol. The van der Waals surface area contributed by atoms with E-state index in [9.17, 15) is 4.39 Å². The summed E-state index contributed by atoms with van der Waals surface area (Å²) in [5.41, 5.74) is 8.79.